The Balaban J connectivity index is 3.23. The number of allylic oxidation sites excluding steroid dienone is 2. The van der Waals surface area contributed by atoms with Gasteiger partial charge in [-0.2, -0.15) is 0 Å². The van der Waals surface area contributed by atoms with Gasteiger partial charge < -0.3 is 0 Å². The van der Waals surface area contributed by atoms with Crippen LogP contribution in [0.2, 0.25) is 0 Å². The third kappa shape index (κ3) is 9.83. The minimum Gasteiger partial charge on any atom is -0.0917 e. The van der Waals surface area contributed by atoms with Crippen molar-refractivity contribution >= 4 is 0 Å². The van der Waals surface area contributed by atoms with Gasteiger partial charge in [0.1, 0.15) is 0 Å². The summed E-state index contributed by atoms with van der Waals surface area (Å²) in [6.45, 7) is 9.13. The molecule has 1 atom stereocenters. The van der Waals surface area contributed by atoms with Crippen LogP contribution in [-0.2, 0) is 0 Å². The second kappa shape index (κ2) is 9.30. The standard InChI is InChI=1S/C14H28/c1-5-6-7-8-11-14(4)12-9-10-13(2)3/h5-6,13-14H,7-12H2,1-4H3/b6-5+. The largest absolute Gasteiger partial charge is 0.0917 e. The SMILES string of the molecule is C/C=C/CCCC(C)CCCC(C)C. The molecular weight excluding hydrogens is 168 g/mol. The maximum absolute atomic E-state index is 2.40. The quantitative estimate of drug-likeness (QED) is 0.370. The van der Waals surface area contributed by atoms with E-state index in [1.807, 2.05) is 0 Å². The molecule has 0 aromatic carbocycles. The Hall–Kier alpha value is -0.260. The van der Waals surface area contributed by atoms with Crippen LogP contribution < -0.4 is 0 Å². The second-order valence-electron chi connectivity index (χ2n) is 4.93. The summed E-state index contributed by atoms with van der Waals surface area (Å²) in [6, 6.07) is 0. The van der Waals surface area contributed by atoms with Crippen LogP contribution in [0.5, 0.6) is 0 Å². The third-order valence-electron chi connectivity index (χ3n) is 2.78. The third-order valence-corrected chi connectivity index (χ3v) is 2.78. The van der Waals surface area contributed by atoms with Crippen molar-refractivity contribution in [3.8, 4) is 0 Å². The van der Waals surface area contributed by atoms with E-state index in [9.17, 15) is 0 Å². The Kier molecular flexibility index (Phi) is 9.13. The molecule has 0 N–H and O–H groups in total. The molecule has 84 valence electrons. The van der Waals surface area contributed by atoms with Gasteiger partial charge in [0, 0.05) is 0 Å². The molecule has 0 amide bonds. The van der Waals surface area contributed by atoms with E-state index in [2.05, 4.69) is 39.8 Å². The second-order valence-corrected chi connectivity index (χ2v) is 4.93. The fraction of sp³-hybridized carbons (Fsp3) is 0.857. The molecule has 0 aromatic heterocycles. The smallest absolute Gasteiger partial charge is 0.0351 e. The molecule has 0 radical (unpaired) electrons. The van der Waals surface area contributed by atoms with E-state index in [0.29, 0.717) is 0 Å². The molecule has 0 saturated heterocycles. The van der Waals surface area contributed by atoms with Crippen molar-refractivity contribution in [2.45, 2.75) is 66.2 Å². The molecule has 0 aliphatic heterocycles. The van der Waals surface area contributed by atoms with Crippen molar-refractivity contribution < 1.29 is 0 Å². The van der Waals surface area contributed by atoms with Crippen molar-refractivity contribution in [3.05, 3.63) is 12.2 Å². The first-order valence-corrected chi connectivity index (χ1v) is 6.28. The van der Waals surface area contributed by atoms with Gasteiger partial charge in [-0.05, 0) is 31.6 Å². The summed E-state index contributed by atoms with van der Waals surface area (Å²) < 4.78 is 0. The zero-order valence-electron chi connectivity index (χ0n) is 10.6. The van der Waals surface area contributed by atoms with Crippen LogP contribution in [0.4, 0.5) is 0 Å². The zero-order chi connectivity index (χ0) is 10.8. The fourth-order valence-corrected chi connectivity index (χ4v) is 1.77. The molecule has 0 saturated carbocycles. The molecule has 0 spiro atoms. The highest BCUT2D eigenvalue weighted by atomic mass is 14.1. The maximum Gasteiger partial charge on any atom is -0.0351 e. The summed E-state index contributed by atoms with van der Waals surface area (Å²) in [7, 11) is 0. The monoisotopic (exact) mass is 196 g/mol. The molecule has 0 bridgehead atoms. The first-order valence-electron chi connectivity index (χ1n) is 6.28. The lowest BCUT2D eigenvalue weighted by molar-refractivity contribution is 0.428. The topological polar surface area (TPSA) is 0 Å². The Labute approximate surface area is 90.8 Å². The summed E-state index contributed by atoms with van der Waals surface area (Å²) in [4.78, 5) is 0. The van der Waals surface area contributed by atoms with Crippen molar-refractivity contribution in [2.75, 3.05) is 0 Å². The normalized spacial score (nSPS) is 14.1. The first-order chi connectivity index (χ1) is 6.66. The molecule has 0 aliphatic carbocycles. The summed E-state index contributed by atoms with van der Waals surface area (Å²) in [5.74, 6) is 1.81. The molecule has 0 fully saturated rings. The maximum atomic E-state index is 2.40. The van der Waals surface area contributed by atoms with Crippen LogP contribution >= 0.6 is 0 Å². The van der Waals surface area contributed by atoms with E-state index in [-0.39, 0.29) is 0 Å². The molecule has 0 heterocycles. The Morgan fingerprint density at radius 3 is 2.14 bits per heavy atom. The summed E-state index contributed by atoms with van der Waals surface area (Å²) in [6.07, 6.45) is 12.7. The minimum absolute atomic E-state index is 0.880. The zero-order valence-corrected chi connectivity index (χ0v) is 10.6. The van der Waals surface area contributed by atoms with Crippen LogP contribution in [0.15, 0.2) is 12.2 Å². The predicted molar refractivity (Wildman–Crippen MR) is 66.5 cm³/mol. The van der Waals surface area contributed by atoms with Gasteiger partial charge in [-0.1, -0.05) is 58.6 Å². The average molecular weight is 196 g/mol. The predicted octanol–water partition coefficient (Wildman–Crippen LogP) is 5.20. The molecular formula is C14H28. The van der Waals surface area contributed by atoms with E-state index in [1.165, 1.54) is 38.5 Å². The van der Waals surface area contributed by atoms with Crippen LogP contribution in [0.25, 0.3) is 0 Å². The number of hydrogen-bond acceptors (Lipinski definition) is 0. The molecule has 0 heteroatoms. The van der Waals surface area contributed by atoms with E-state index in [0.717, 1.165) is 11.8 Å². The van der Waals surface area contributed by atoms with E-state index >= 15 is 0 Å². The minimum atomic E-state index is 0.880. The Bertz CT molecular complexity index is 133. The first kappa shape index (κ1) is 13.7. The Morgan fingerprint density at radius 1 is 0.929 bits per heavy atom. The molecule has 14 heavy (non-hydrogen) atoms. The number of unbranched alkanes of at least 4 members (excludes halogenated alkanes) is 1. The van der Waals surface area contributed by atoms with Gasteiger partial charge in [-0.15, -0.1) is 0 Å². The van der Waals surface area contributed by atoms with Crippen LogP contribution in [0.3, 0.4) is 0 Å². The molecule has 0 aromatic rings. The average Bonchev–Trinajstić information content (AvgIpc) is 2.12. The van der Waals surface area contributed by atoms with Gasteiger partial charge >= 0.3 is 0 Å². The summed E-state index contributed by atoms with van der Waals surface area (Å²) in [5.41, 5.74) is 0. The van der Waals surface area contributed by atoms with E-state index in [1.54, 1.807) is 0 Å². The van der Waals surface area contributed by atoms with Crippen LogP contribution in [-0.4, -0.2) is 0 Å². The number of rotatable bonds is 8. The van der Waals surface area contributed by atoms with Gasteiger partial charge in [0.15, 0.2) is 0 Å². The number of hydrogen-bond donors (Lipinski definition) is 0. The van der Waals surface area contributed by atoms with Crippen molar-refractivity contribution in [3.63, 3.8) is 0 Å². The van der Waals surface area contributed by atoms with Crippen molar-refractivity contribution in [1.82, 2.24) is 0 Å². The van der Waals surface area contributed by atoms with Crippen molar-refractivity contribution in [2.24, 2.45) is 11.8 Å². The lowest BCUT2D eigenvalue weighted by atomic mass is 9.95. The molecule has 0 rings (SSSR count). The van der Waals surface area contributed by atoms with Gasteiger partial charge in [-0.3, -0.25) is 0 Å². The molecule has 1 unspecified atom stereocenters. The fourth-order valence-electron chi connectivity index (χ4n) is 1.77. The van der Waals surface area contributed by atoms with Gasteiger partial charge in [0.2, 0.25) is 0 Å². The van der Waals surface area contributed by atoms with E-state index in [4.69, 9.17) is 0 Å². The van der Waals surface area contributed by atoms with Crippen molar-refractivity contribution in [1.29, 1.82) is 0 Å². The van der Waals surface area contributed by atoms with Crippen LogP contribution in [0.1, 0.15) is 66.2 Å². The lowest BCUT2D eigenvalue weighted by Crippen LogP contribution is -1.96. The summed E-state index contributed by atoms with van der Waals surface area (Å²) >= 11 is 0. The van der Waals surface area contributed by atoms with Gasteiger partial charge in [-0.25, -0.2) is 0 Å². The Morgan fingerprint density at radius 2 is 1.57 bits per heavy atom. The molecule has 0 nitrogen and oxygen atoms in total. The van der Waals surface area contributed by atoms with Crippen LogP contribution in [0, 0.1) is 11.8 Å². The lowest BCUT2D eigenvalue weighted by Gasteiger charge is -2.11. The van der Waals surface area contributed by atoms with Gasteiger partial charge in [0.25, 0.3) is 0 Å². The molecule has 0 aliphatic rings. The summed E-state index contributed by atoms with van der Waals surface area (Å²) in [5, 5.41) is 0. The highest BCUT2D eigenvalue weighted by Crippen LogP contribution is 2.17. The highest BCUT2D eigenvalue weighted by molar-refractivity contribution is 4.76. The van der Waals surface area contributed by atoms with Gasteiger partial charge in [0.05, 0.1) is 0 Å². The highest BCUT2D eigenvalue weighted by Gasteiger charge is 2.02. The van der Waals surface area contributed by atoms with E-state index < -0.39 is 0 Å².